The van der Waals surface area contributed by atoms with Gasteiger partial charge in [-0.2, -0.15) is 0 Å². The number of methoxy groups -OCH3 is 2. The summed E-state index contributed by atoms with van der Waals surface area (Å²) in [7, 11) is 1.91. The van der Waals surface area contributed by atoms with Crippen molar-refractivity contribution in [2.24, 2.45) is 0 Å². The van der Waals surface area contributed by atoms with Crippen molar-refractivity contribution in [2.75, 3.05) is 26.5 Å². The molecule has 0 aliphatic carbocycles. The highest BCUT2D eigenvalue weighted by Gasteiger charge is 2.57. The molecule has 0 radical (unpaired) electrons. The molecule has 0 saturated carbocycles. The molecule has 0 amide bonds. The van der Waals surface area contributed by atoms with Crippen LogP contribution in [0.3, 0.4) is 0 Å². The average molecular weight is 573 g/mol. The van der Waals surface area contributed by atoms with Crippen LogP contribution < -0.4 is 21.2 Å². The van der Waals surface area contributed by atoms with Crippen molar-refractivity contribution in [1.29, 1.82) is 0 Å². The van der Waals surface area contributed by atoms with Crippen LogP contribution in [0.1, 0.15) is 13.8 Å². The van der Waals surface area contributed by atoms with Gasteiger partial charge in [-0.25, -0.2) is 0 Å². The molecule has 4 aromatic carbocycles. The second-order valence-corrected chi connectivity index (χ2v) is 14.7. The predicted molar refractivity (Wildman–Crippen MR) is 168 cm³/mol. The van der Waals surface area contributed by atoms with Crippen LogP contribution >= 0.6 is 15.8 Å². The lowest BCUT2D eigenvalue weighted by Gasteiger charge is -2.53. The van der Waals surface area contributed by atoms with Gasteiger partial charge in [-0.05, 0) is 50.9 Å². The molecule has 6 heteroatoms. The largest absolute Gasteiger partial charge is 0.349 e. The molecular weight excluding hydrogens is 534 g/mol. The van der Waals surface area contributed by atoms with Crippen molar-refractivity contribution in [1.82, 2.24) is 0 Å². The fourth-order valence-electron chi connectivity index (χ4n) is 5.23. The zero-order valence-electron chi connectivity index (χ0n) is 23.6. The van der Waals surface area contributed by atoms with E-state index in [4.69, 9.17) is 18.9 Å². The molecular formula is C34H38O4P2. The Labute approximate surface area is 241 Å². The minimum atomic E-state index is -1.07. The standard InChI is InChI=1S/C34H38O4P2/c1-33(35-3)34(2,36-4)38-32(26-40(29-21-13-7-14-22-29)30-23-15-8-16-24-30)31(37-33)25-39(27-17-9-5-10-18-27)28-19-11-6-12-20-28/h5-24,31-32H,25-26H2,1-4H3/t31-,32-,33?,34?/m0/s1. The van der Waals surface area contributed by atoms with E-state index >= 15 is 0 Å². The maximum Gasteiger partial charge on any atom is 0.220 e. The molecule has 5 rings (SSSR count). The highest BCUT2D eigenvalue weighted by atomic mass is 31.1. The lowest BCUT2D eigenvalue weighted by molar-refractivity contribution is -0.442. The first-order chi connectivity index (χ1) is 19.5. The van der Waals surface area contributed by atoms with Crippen molar-refractivity contribution in [3.63, 3.8) is 0 Å². The average Bonchev–Trinajstić information content (AvgIpc) is 3.02. The molecule has 1 fully saturated rings. The van der Waals surface area contributed by atoms with Gasteiger partial charge in [0.25, 0.3) is 0 Å². The zero-order valence-corrected chi connectivity index (χ0v) is 25.4. The molecule has 0 bridgehead atoms. The van der Waals surface area contributed by atoms with E-state index in [1.807, 2.05) is 13.8 Å². The van der Waals surface area contributed by atoms with Gasteiger partial charge in [-0.3, -0.25) is 0 Å². The summed E-state index contributed by atoms with van der Waals surface area (Å²) in [6.07, 6.45) is 1.19. The number of hydrogen-bond acceptors (Lipinski definition) is 4. The third kappa shape index (κ3) is 6.24. The van der Waals surface area contributed by atoms with E-state index in [0.29, 0.717) is 0 Å². The van der Waals surface area contributed by atoms with Crippen LogP contribution in [-0.2, 0) is 18.9 Å². The second kappa shape index (κ2) is 13.0. The first-order valence-corrected chi connectivity index (χ1v) is 16.7. The number of rotatable bonds is 10. The number of benzene rings is 4. The van der Waals surface area contributed by atoms with Crippen LogP contribution in [0.15, 0.2) is 121 Å². The molecule has 1 saturated heterocycles. The normalized spacial score (nSPS) is 24.9. The van der Waals surface area contributed by atoms with Gasteiger partial charge >= 0.3 is 0 Å². The van der Waals surface area contributed by atoms with Crippen LogP contribution in [0.2, 0.25) is 0 Å². The van der Waals surface area contributed by atoms with Gasteiger partial charge in [-0.15, -0.1) is 0 Å². The van der Waals surface area contributed by atoms with Gasteiger partial charge in [0.15, 0.2) is 0 Å². The highest BCUT2D eigenvalue weighted by molar-refractivity contribution is 7.73. The van der Waals surface area contributed by atoms with Crippen LogP contribution in [-0.4, -0.2) is 50.3 Å². The molecule has 1 aliphatic rings. The van der Waals surface area contributed by atoms with Gasteiger partial charge in [0, 0.05) is 26.5 Å². The first kappa shape index (κ1) is 29.1. The number of hydrogen-bond donors (Lipinski definition) is 0. The fourth-order valence-corrected chi connectivity index (χ4v) is 10.1. The Morgan fingerprint density at radius 2 is 0.750 bits per heavy atom. The van der Waals surface area contributed by atoms with Crippen molar-refractivity contribution in [3.8, 4) is 0 Å². The molecule has 40 heavy (non-hydrogen) atoms. The topological polar surface area (TPSA) is 36.9 Å². The summed E-state index contributed by atoms with van der Waals surface area (Å²) in [4.78, 5) is 0. The molecule has 4 nitrogen and oxygen atoms in total. The van der Waals surface area contributed by atoms with Gasteiger partial charge in [0.05, 0.1) is 12.2 Å². The van der Waals surface area contributed by atoms with E-state index < -0.39 is 27.4 Å². The highest BCUT2D eigenvalue weighted by Crippen LogP contribution is 2.47. The number of ether oxygens (including phenoxy) is 4. The van der Waals surface area contributed by atoms with Crippen LogP contribution in [0, 0.1) is 0 Å². The maximum atomic E-state index is 6.94. The third-order valence-electron chi connectivity index (χ3n) is 7.77. The van der Waals surface area contributed by atoms with Crippen LogP contribution in [0.4, 0.5) is 0 Å². The van der Waals surface area contributed by atoms with Crippen molar-refractivity contribution < 1.29 is 18.9 Å². The fraction of sp³-hybridized carbons (Fsp3) is 0.294. The van der Waals surface area contributed by atoms with Gasteiger partial charge in [-0.1, -0.05) is 121 Å². The van der Waals surface area contributed by atoms with E-state index in [1.54, 1.807) is 14.2 Å². The Bertz CT molecular complexity index is 1140. The summed E-state index contributed by atoms with van der Waals surface area (Å²) >= 11 is 0. The van der Waals surface area contributed by atoms with E-state index in [1.165, 1.54) is 21.2 Å². The quantitative estimate of drug-likeness (QED) is 0.227. The Morgan fingerprint density at radius 1 is 0.500 bits per heavy atom. The molecule has 4 aromatic rings. The Morgan fingerprint density at radius 3 is 0.975 bits per heavy atom. The van der Waals surface area contributed by atoms with Gasteiger partial charge in [0.2, 0.25) is 11.6 Å². The maximum absolute atomic E-state index is 6.94. The zero-order chi connectivity index (χ0) is 28.0. The molecule has 1 heterocycles. The smallest absolute Gasteiger partial charge is 0.220 e. The summed E-state index contributed by atoms with van der Waals surface area (Å²) in [5.74, 6) is -2.14. The molecule has 0 N–H and O–H groups in total. The summed E-state index contributed by atoms with van der Waals surface area (Å²) in [5.41, 5.74) is 0. The molecule has 4 atom stereocenters. The summed E-state index contributed by atoms with van der Waals surface area (Å²) < 4.78 is 25.8. The Balaban J connectivity index is 1.55. The second-order valence-electron chi connectivity index (χ2n) is 10.2. The molecule has 208 valence electrons. The van der Waals surface area contributed by atoms with Crippen molar-refractivity contribution in [3.05, 3.63) is 121 Å². The molecule has 0 spiro atoms. The Hall–Kier alpha value is -2.42. The third-order valence-corrected chi connectivity index (χ3v) is 12.9. The van der Waals surface area contributed by atoms with E-state index in [0.717, 1.165) is 12.3 Å². The van der Waals surface area contributed by atoms with Gasteiger partial charge < -0.3 is 18.9 Å². The summed E-state index contributed by atoms with van der Waals surface area (Å²) in [6.45, 7) is 3.84. The van der Waals surface area contributed by atoms with Gasteiger partial charge in [0.1, 0.15) is 0 Å². The lowest BCUT2D eigenvalue weighted by atomic mass is 10.0. The Kier molecular flexibility index (Phi) is 9.49. The van der Waals surface area contributed by atoms with Crippen molar-refractivity contribution in [2.45, 2.75) is 37.6 Å². The SMILES string of the molecule is COC1(C)O[C@@H](CP(c2ccccc2)c2ccccc2)[C@H](CP(c2ccccc2)c2ccccc2)OC1(C)OC. The van der Waals surface area contributed by atoms with Crippen molar-refractivity contribution >= 4 is 37.1 Å². The van der Waals surface area contributed by atoms with Crippen LogP contribution in [0.5, 0.6) is 0 Å². The van der Waals surface area contributed by atoms with E-state index in [-0.39, 0.29) is 12.2 Å². The first-order valence-electron chi connectivity index (χ1n) is 13.7. The summed E-state index contributed by atoms with van der Waals surface area (Å²) in [5, 5.41) is 5.27. The monoisotopic (exact) mass is 572 g/mol. The van der Waals surface area contributed by atoms with E-state index in [9.17, 15) is 0 Å². The van der Waals surface area contributed by atoms with Crippen LogP contribution in [0.25, 0.3) is 0 Å². The lowest BCUT2D eigenvalue weighted by Crippen LogP contribution is -2.66. The molecule has 0 aromatic heterocycles. The minimum Gasteiger partial charge on any atom is -0.349 e. The molecule has 1 aliphatic heterocycles. The minimum absolute atomic E-state index is 0.211. The summed E-state index contributed by atoms with van der Waals surface area (Å²) in [6, 6.07) is 43.1. The predicted octanol–water partition coefficient (Wildman–Crippen LogP) is 5.76. The van der Waals surface area contributed by atoms with E-state index in [2.05, 4.69) is 121 Å². The molecule has 2 unspecified atom stereocenters.